The summed E-state index contributed by atoms with van der Waals surface area (Å²) in [4.78, 5) is 0. The van der Waals surface area contributed by atoms with E-state index in [-0.39, 0.29) is 0 Å². The Balaban J connectivity index is 2.06. The van der Waals surface area contributed by atoms with E-state index in [0.29, 0.717) is 12.0 Å². The Morgan fingerprint density at radius 1 is 1.17 bits per heavy atom. The van der Waals surface area contributed by atoms with Crippen LogP contribution in [-0.4, -0.2) is 6.04 Å². The molecule has 0 aromatic heterocycles. The predicted octanol–water partition coefficient (Wildman–Crippen LogP) is 5.05. The van der Waals surface area contributed by atoms with Gasteiger partial charge in [-0.2, -0.15) is 0 Å². The lowest BCUT2D eigenvalue weighted by Crippen LogP contribution is -2.33. The van der Waals surface area contributed by atoms with E-state index in [2.05, 4.69) is 57.3 Å². The van der Waals surface area contributed by atoms with Crippen molar-refractivity contribution in [1.82, 2.24) is 0 Å². The van der Waals surface area contributed by atoms with Gasteiger partial charge in [-0.1, -0.05) is 46.2 Å². The molecule has 1 heteroatoms. The van der Waals surface area contributed by atoms with Crippen LogP contribution in [0.15, 0.2) is 24.3 Å². The Kier molecular flexibility index (Phi) is 4.31. The van der Waals surface area contributed by atoms with Gasteiger partial charge in [-0.25, -0.2) is 0 Å². The lowest BCUT2D eigenvalue weighted by atomic mass is 9.80. The first-order valence-electron chi connectivity index (χ1n) is 7.42. The largest absolute Gasteiger partial charge is 0.382 e. The highest BCUT2D eigenvalue weighted by molar-refractivity contribution is 5.47. The van der Waals surface area contributed by atoms with E-state index in [1.165, 1.54) is 30.5 Å². The van der Waals surface area contributed by atoms with Gasteiger partial charge in [0.25, 0.3) is 0 Å². The molecule has 0 heterocycles. The van der Waals surface area contributed by atoms with E-state index in [1.54, 1.807) is 0 Å². The van der Waals surface area contributed by atoms with E-state index in [0.717, 1.165) is 11.8 Å². The fourth-order valence-electron chi connectivity index (χ4n) is 2.94. The number of benzene rings is 1. The Morgan fingerprint density at radius 3 is 2.67 bits per heavy atom. The second kappa shape index (κ2) is 5.77. The molecule has 1 aliphatic carbocycles. The summed E-state index contributed by atoms with van der Waals surface area (Å²) < 4.78 is 0. The summed E-state index contributed by atoms with van der Waals surface area (Å²) >= 11 is 0. The van der Waals surface area contributed by atoms with E-state index >= 15 is 0 Å². The molecule has 1 aliphatic rings. The second-order valence-electron chi connectivity index (χ2n) is 6.43. The van der Waals surface area contributed by atoms with Crippen LogP contribution >= 0.6 is 0 Å². The molecule has 0 spiro atoms. The summed E-state index contributed by atoms with van der Waals surface area (Å²) in [7, 11) is 0. The van der Waals surface area contributed by atoms with Gasteiger partial charge in [-0.15, -0.1) is 0 Å². The Hall–Kier alpha value is -0.980. The van der Waals surface area contributed by atoms with Gasteiger partial charge in [-0.05, 0) is 48.3 Å². The third-order valence-corrected chi connectivity index (χ3v) is 4.36. The molecule has 0 bridgehead atoms. The van der Waals surface area contributed by atoms with Crippen LogP contribution in [0.25, 0.3) is 0 Å². The van der Waals surface area contributed by atoms with Crippen LogP contribution in [0, 0.1) is 11.8 Å². The normalized spacial score (nSPS) is 28.4. The Morgan fingerprint density at radius 2 is 1.94 bits per heavy atom. The minimum Gasteiger partial charge on any atom is -0.382 e. The van der Waals surface area contributed by atoms with Crippen LogP contribution in [0.1, 0.15) is 58.4 Å². The van der Waals surface area contributed by atoms with Gasteiger partial charge in [0.2, 0.25) is 0 Å². The smallest absolute Gasteiger partial charge is 0.0345 e. The summed E-state index contributed by atoms with van der Waals surface area (Å²) in [5.74, 6) is 2.27. The number of hydrogen-bond acceptors (Lipinski definition) is 1. The highest BCUT2D eigenvalue weighted by Gasteiger charge is 2.25. The molecule has 0 saturated heterocycles. The van der Waals surface area contributed by atoms with Crippen LogP contribution in [0.5, 0.6) is 0 Å². The highest BCUT2D eigenvalue weighted by Crippen LogP contribution is 2.31. The highest BCUT2D eigenvalue weighted by atomic mass is 14.9. The van der Waals surface area contributed by atoms with Gasteiger partial charge >= 0.3 is 0 Å². The predicted molar refractivity (Wildman–Crippen MR) is 80.1 cm³/mol. The first-order valence-corrected chi connectivity index (χ1v) is 7.42. The molecule has 100 valence electrons. The Bertz CT molecular complexity index is 383. The van der Waals surface area contributed by atoms with Gasteiger partial charge in [-0.3, -0.25) is 0 Å². The molecule has 0 amide bonds. The maximum atomic E-state index is 3.76. The molecule has 1 N–H and O–H groups in total. The molecule has 3 unspecified atom stereocenters. The van der Waals surface area contributed by atoms with Gasteiger partial charge in [0, 0.05) is 11.7 Å². The standard InChI is InChI=1S/C17H27N/c1-12(2)15-6-5-7-16(11-15)18-17-10-13(3)8-9-14(17)4/h5-7,11-14,17-18H,8-10H2,1-4H3. The molecule has 1 nitrogen and oxygen atoms in total. The fourth-order valence-corrected chi connectivity index (χ4v) is 2.94. The molecule has 0 radical (unpaired) electrons. The molecule has 0 aliphatic heterocycles. The summed E-state index contributed by atoms with van der Waals surface area (Å²) in [5.41, 5.74) is 2.73. The van der Waals surface area contributed by atoms with Crippen molar-refractivity contribution in [2.75, 3.05) is 5.32 Å². The van der Waals surface area contributed by atoms with Crippen molar-refractivity contribution in [3.8, 4) is 0 Å². The zero-order valence-corrected chi connectivity index (χ0v) is 12.2. The molecule has 18 heavy (non-hydrogen) atoms. The lowest BCUT2D eigenvalue weighted by Gasteiger charge is -2.34. The second-order valence-corrected chi connectivity index (χ2v) is 6.43. The number of rotatable bonds is 3. The lowest BCUT2D eigenvalue weighted by molar-refractivity contribution is 0.280. The van der Waals surface area contributed by atoms with Crippen molar-refractivity contribution in [3.63, 3.8) is 0 Å². The number of anilines is 1. The summed E-state index contributed by atoms with van der Waals surface area (Å²) in [6, 6.07) is 9.57. The molecule has 1 fully saturated rings. The minimum absolute atomic E-state index is 0.606. The first-order chi connectivity index (χ1) is 8.56. The van der Waals surface area contributed by atoms with Gasteiger partial charge in [0.05, 0.1) is 0 Å². The average Bonchev–Trinajstić information content (AvgIpc) is 2.34. The van der Waals surface area contributed by atoms with Crippen molar-refractivity contribution in [1.29, 1.82) is 0 Å². The van der Waals surface area contributed by atoms with Crippen LogP contribution in [0.3, 0.4) is 0 Å². The van der Waals surface area contributed by atoms with Crippen molar-refractivity contribution >= 4 is 5.69 Å². The summed E-state index contributed by atoms with van der Waals surface area (Å²) in [6.07, 6.45) is 4.07. The molecule has 1 aromatic carbocycles. The van der Waals surface area contributed by atoms with E-state index in [4.69, 9.17) is 0 Å². The third kappa shape index (κ3) is 3.28. The maximum Gasteiger partial charge on any atom is 0.0345 e. The molecule has 3 atom stereocenters. The molecule has 1 aromatic rings. The zero-order chi connectivity index (χ0) is 13.1. The molecular formula is C17H27N. The van der Waals surface area contributed by atoms with E-state index in [9.17, 15) is 0 Å². The molecular weight excluding hydrogens is 218 g/mol. The van der Waals surface area contributed by atoms with Crippen LogP contribution in [-0.2, 0) is 0 Å². The van der Waals surface area contributed by atoms with Crippen molar-refractivity contribution in [3.05, 3.63) is 29.8 Å². The van der Waals surface area contributed by atoms with E-state index in [1.807, 2.05) is 0 Å². The monoisotopic (exact) mass is 245 g/mol. The first kappa shape index (κ1) is 13.5. The van der Waals surface area contributed by atoms with Crippen LogP contribution < -0.4 is 5.32 Å². The van der Waals surface area contributed by atoms with Gasteiger partial charge in [0.15, 0.2) is 0 Å². The average molecular weight is 245 g/mol. The summed E-state index contributed by atoms with van der Waals surface area (Å²) in [5, 5.41) is 3.76. The van der Waals surface area contributed by atoms with Crippen molar-refractivity contribution in [2.45, 2.75) is 58.9 Å². The summed E-state index contributed by atoms with van der Waals surface area (Å²) in [6.45, 7) is 9.27. The topological polar surface area (TPSA) is 12.0 Å². The van der Waals surface area contributed by atoms with Crippen molar-refractivity contribution < 1.29 is 0 Å². The van der Waals surface area contributed by atoms with E-state index < -0.39 is 0 Å². The molecule has 1 saturated carbocycles. The van der Waals surface area contributed by atoms with Gasteiger partial charge < -0.3 is 5.32 Å². The Labute approximate surface area is 112 Å². The molecule has 2 rings (SSSR count). The quantitative estimate of drug-likeness (QED) is 0.786. The van der Waals surface area contributed by atoms with Crippen LogP contribution in [0.2, 0.25) is 0 Å². The zero-order valence-electron chi connectivity index (χ0n) is 12.2. The van der Waals surface area contributed by atoms with Crippen molar-refractivity contribution in [2.24, 2.45) is 11.8 Å². The minimum atomic E-state index is 0.606. The number of nitrogens with one attached hydrogen (secondary N) is 1. The number of hydrogen-bond donors (Lipinski definition) is 1. The fraction of sp³-hybridized carbons (Fsp3) is 0.647. The van der Waals surface area contributed by atoms with Gasteiger partial charge in [0.1, 0.15) is 0 Å². The van der Waals surface area contributed by atoms with Crippen LogP contribution in [0.4, 0.5) is 5.69 Å². The third-order valence-electron chi connectivity index (χ3n) is 4.36. The SMILES string of the molecule is CC1CCC(C)C(Nc2cccc(C(C)C)c2)C1. The maximum absolute atomic E-state index is 3.76.